The van der Waals surface area contributed by atoms with Crippen molar-refractivity contribution in [3.05, 3.63) is 0 Å². The number of amides is 3. The number of aliphatic hydroxyl groups is 1. The van der Waals surface area contributed by atoms with Crippen molar-refractivity contribution in [3.63, 3.8) is 0 Å². The first-order valence-corrected chi connectivity index (χ1v) is 9.18. The summed E-state index contributed by atoms with van der Waals surface area (Å²) in [6.07, 6.45) is -3.23. The number of rotatable bonds is 13. The fourth-order valence-electron chi connectivity index (χ4n) is 2.36. The highest BCUT2D eigenvalue weighted by Gasteiger charge is 2.34. The fourth-order valence-corrected chi connectivity index (χ4v) is 2.36. The van der Waals surface area contributed by atoms with Gasteiger partial charge in [0.1, 0.15) is 18.1 Å². The summed E-state index contributed by atoms with van der Waals surface area (Å²) in [5.41, 5.74) is 5.37. The van der Waals surface area contributed by atoms with Crippen LogP contribution in [-0.2, 0) is 28.8 Å². The van der Waals surface area contributed by atoms with Crippen molar-refractivity contribution in [1.29, 1.82) is 0 Å². The molecule has 31 heavy (non-hydrogen) atoms. The van der Waals surface area contributed by atoms with E-state index in [0.717, 1.165) is 6.92 Å². The molecule has 5 unspecified atom stereocenters. The molecule has 0 aromatic carbocycles. The molecule has 0 aliphatic carbocycles. The Bertz CT molecular complexity index is 709. The molecular formula is C17H28N4O10. The topological polar surface area (TPSA) is 245 Å². The number of hydrogen-bond donors (Lipinski definition) is 8. The molecule has 0 aromatic heterocycles. The van der Waals surface area contributed by atoms with E-state index in [9.17, 15) is 33.9 Å². The molecule has 0 rings (SSSR count). The Labute approximate surface area is 177 Å². The van der Waals surface area contributed by atoms with Crippen LogP contribution in [0.2, 0.25) is 0 Å². The average molecular weight is 448 g/mol. The predicted octanol–water partition coefficient (Wildman–Crippen LogP) is -3.16. The van der Waals surface area contributed by atoms with Gasteiger partial charge in [0.15, 0.2) is 0 Å². The number of carboxylic acid groups (broad SMARTS) is 3. The molecule has 0 fully saturated rings. The maximum atomic E-state index is 12.5. The van der Waals surface area contributed by atoms with Gasteiger partial charge in [0.05, 0.1) is 25.0 Å². The zero-order valence-electron chi connectivity index (χ0n) is 17.2. The summed E-state index contributed by atoms with van der Waals surface area (Å²) in [5, 5.41) is 42.9. The van der Waals surface area contributed by atoms with Crippen LogP contribution in [0.3, 0.4) is 0 Å². The third-order valence-corrected chi connectivity index (χ3v) is 4.04. The van der Waals surface area contributed by atoms with Crippen LogP contribution in [0.1, 0.15) is 33.6 Å². The van der Waals surface area contributed by atoms with Gasteiger partial charge in [-0.3, -0.25) is 24.0 Å². The zero-order chi connectivity index (χ0) is 24.5. The van der Waals surface area contributed by atoms with Crippen LogP contribution >= 0.6 is 0 Å². The minimum Gasteiger partial charge on any atom is -0.481 e. The lowest BCUT2D eigenvalue weighted by atomic mass is 10.0. The molecule has 0 aliphatic heterocycles. The van der Waals surface area contributed by atoms with Crippen molar-refractivity contribution in [1.82, 2.24) is 16.0 Å². The van der Waals surface area contributed by atoms with Crippen LogP contribution in [0.5, 0.6) is 0 Å². The predicted molar refractivity (Wildman–Crippen MR) is 102 cm³/mol. The van der Waals surface area contributed by atoms with E-state index < -0.39 is 84.7 Å². The van der Waals surface area contributed by atoms with E-state index in [0.29, 0.717) is 0 Å². The van der Waals surface area contributed by atoms with Gasteiger partial charge >= 0.3 is 17.9 Å². The molecule has 0 saturated carbocycles. The maximum absolute atomic E-state index is 12.5. The van der Waals surface area contributed by atoms with Gasteiger partial charge in [-0.15, -0.1) is 0 Å². The monoisotopic (exact) mass is 448 g/mol. The first-order chi connectivity index (χ1) is 14.2. The van der Waals surface area contributed by atoms with E-state index in [4.69, 9.17) is 21.1 Å². The van der Waals surface area contributed by atoms with Crippen molar-refractivity contribution >= 4 is 35.6 Å². The molecule has 0 spiro atoms. The van der Waals surface area contributed by atoms with E-state index in [1.165, 1.54) is 13.8 Å². The largest absolute Gasteiger partial charge is 0.481 e. The Hall–Kier alpha value is -3.26. The number of aliphatic carboxylic acids is 3. The van der Waals surface area contributed by atoms with Gasteiger partial charge in [0.25, 0.3) is 0 Å². The average Bonchev–Trinajstić information content (AvgIpc) is 2.61. The highest BCUT2D eigenvalue weighted by atomic mass is 16.4. The third-order valence-electron chi connectivity index (χ3n) is 4.04. The molecule has 0 aliphatic rings. The van der Waals surface area contributed by atoms with Crippen molar-refractivity contribution < 1.29 is 49.2 Å². The highest BCUT2D eigenvalue weighted by molar-refractivity contribution is 5.96. The quantitative estimate of drug-likeness (QED) is 0.140. The zero-order valence-corrected chi connectivity index (χ0v) is 17.2. The van der Waals surface area contributed by atoms with Gasteiger partial charge in [0, 0.05) is 0 Å². The first kappa shape index (κ1) is 27.7. The first-order valence-electron chi connectivity index (χ1n) is 9.18. The van der Waals surface area contributed by atoms with Crippen molar-refractivity contribution in [2.45, 2.75) is 63.9 Å². The number of aliphatic hydroxyl groups excluding tert-OH is 1. The summed E-state index contributed by atoms with van der Waals surface area (Å²) in [5.74, 6) is -8.12. The lowest BCUT2D eigenvalue weighted by Crippen LogP contribution is -2.60. The van der Waals surface area contributed by atoms with Crippen molar-refractivity contribution in [2.75, 3.05) is 0 Å². The molecule has 0 saturated heterocycles. The van der Waals surface area contributed by atoms with E-state index in [1.807, 2.05) is 5.32 Å². The van der Waals surface area contributed by atoms with Crippen LogP contribution in [0.15, 0.2) is 0 Å². The lowest BCUT2D eigenvalue weighted by molar-refractivity contribution is -0.145. The molecular weight excluding hydrogens is 420 g/mol. The Morgan fingerprint density at radius 3 is 1.61 bits per heavy atom. The van der Waals surface area contributed by atoms with Crippen molar-refractivity contribution in [3.8, 4) is 0 Å². The van der Waals surface area contributed by atoms with E-state index >= 15 is 0 Å². The van der Waals surface area contributed by atoms with E-state index in [1.54, 1.807) is 0 Å². The van der Waals surface area contributed by atoms with Gasteiger partial charge in [0.2, 0.25) is 17.7 Å². The van der Waals surface area contributed by atoms with Gasteiger partial charge in [-0.25, -0.2) is 4.79 Å². The Morgan fingerprint density at radius 1 is 0.742 bits per heavy atom. The molecule has 0 aromatic rings. The molecule has 3 amide bonds. The molecule has 176 valence electrons. The fraction of sp³-hybridized carbons (Fsp3) is 0.647. The van der Waals surface area contributed by atoms with E-state index in [-0.39, 0.29) is 0 Å². The number of carbonyl (C=O) groups is 6. The number of hydrogen-bond acceptors (Lipinski definition) is 8. The van der Waals surface area contributed by atoms with Gasteiger partial charge in [-0.1, -0.05) is 13.8 Å². The van der Waals surface area contributed by atoms with Gasteiger partial charge in [-0.05, 0) is 12.8 Å². The minimum absolute atomic E-state index is 0.526. The SMILES string of the molecule is CC(C)C(NC(=O)C(NC(=O)C(CC(=O)O)NC(=O)C(N)CC(=O)O)C(C)O)C(=O)O. The second-order valence-electron chi connectivity index (χ2n) is 7.16. The summed E-state index contributed by atoms with van der Waals surface area (Å²) in [6.45, 7) is 4.17. The summed E-state index contributed by atoms with van der Waals surface area (Å²) >= 11 is 0. The van der Waals surface area contributed by atoms with Crippen LogP contribution in [0.25, 0.3) is 0 Å². The second kappa shape index (κ2) is 12.4. The molecule has 14 heteroatoms. The van der Waals surface area contributed by atoms with Crippen LogP contribution in [0.4, 0.5) is 0 Å². The third kappa shape index (κ3) is 9.86. The standard InChI is InChI=1S/C17H28N4O10/c1-6(2)12(17(30)31)20-16(29)13(7(3)22)21-15(28)9(5-11(25)26)19-14(27)8(18)4-10(23)24/h6-9,12-13,22H,4-5,18H2,1-3H3,(H,19,27)(H,20,29)(H,21,28)(H,23,24)(H,25,26)(H,30,31). The molecule has 5 atom stereocenters. The van der Waals surface area contributed by atoms with Crippen LogP contribution < -0.4 is 21.7 Å². The maximum Gasteiger partial charge on any atom is 0.326 e. The van der Waals surface area contributed by atoms with Crippen LogP contribution in [-0.4, -0.2) is 86.3 Å². The lowest BCUT2D eigenvalue weighted by Gasteiger charge is -2.26. The minimum atomic E-state index is -1.75. The molecule has 0 heterocycles. The van der Waals surface area contributed by atoms with Crippen LogP contribution in [0, 0.1) is 5.92 Å². The number of nitrogens with one attached hydrogen (secondary N) is 3. The smallest absolute Gasteiger partial charge is 0.326 e. The molecule has 14 nitrogen and oxygen atoms in total. The highest BCUT2D eigenvalue weighted by Crippen LogP contribution is 2.05. The van der Waals surface area contributed by atoms with Gasteiger partial charge < -0.3 is 42.1 Å². The normalized spacial score (nSPS) is 15.7. The number of carboxylic acids is 3. The molecule has 0 radical (unpaired) electrons. The Kier molecular flexibility index (Phi) is 11.1. The number of nitrogens with two attached hydrogens (primary N) is 1. The molecule has 9 N–H and O–H groups in total. The summed E-state index contributed by atoms with van der Waals surface area (Å²) < 4.78 is 0. The Balaban J connectivity index is 5.46. The molecule has 0 bridgehead atoms. The second-order valence-corrected chi connectivity index (χ2v) is 7.16. The van der Waals surface area contributed by atoms with E-state index in [2.05, 4.69) is 10.6 Å². The van der Waals surface area contributed by atoms with Crippen molar-refractivity contribution in [2.24, 2.45) is 11.7 Å². The summed E-state index contributed by atoms with van der Waals surface area (Å²) in [6, 6.07) is -6.32. The van der Waals surface area contributed by atoms with Gasteiger partial charge in [-0.2, -0.15) is 0 Å². The number of carbonyl (C=O) groups excluding carboxylic acids is 3. The Morgan fingerprint density at radius 2 is 1.23 bits per heavy atom. The summed E-state index contributed by atoms with van der Waals surface area (Å²) in [7, 11) is 0. The summed E-state index contributed by atoms with van der Waals surface area (Å²) in [4.78, 5) is 69.8.